The zero-order chi connectivity index (χ0) is 8.27. The molecule has 0 fully saturated rings. The molecular formula is C10H12O. The van der Waals surface area contributed by atoms with Crippen molar-refractivity contribution in [1.29, 1.82) is 0 Å². The molecule has 1 aromatic rings. The van der Waals surface area contributed by atoms with E-state index in [1.807, 2.05) is 6.07 Å². The normalized spacial score (nSPS) is 9.27. The summed E-state index contributed by atoms with van der Waals surface area (Å²) in [6.45, 7) is 7.76. The second kappa shape index (κ2) is 3.24. The Morgan fingerprint density at radius 1 is 1.55 bits per heavy atom. The molecule has 0 spiro atoms. The van der Waals surface area contributed by atoms with Crippen molar-refractivity contribution in [3.05, 3.63) is 35.8 Å². The summed E-state index contributed by atoms with van der Waals surface area (Å²) < 4.78 is 5.15. The molecule has 0 saturated carbocycles. The van der Waals surface area contributed by atoms with Crippen LogP contribution >= 0.6 is 0 Å². The maximum absolute atomic E-state index is 5.15. The van der Waals surface area contributed by atoms with Crippen LogP contribution in [0.3, 0.4) is 0 Å². The van der Waals surface area contributed by atoms with E-state index in [2.05, 4.69) is 26.5 Å². The maximum atomic E-state index is 5.15. The smallest absolute Gasteiger partial charge is 0.133 e. The summed E-state index contributed by atoms with van der Waals surface area (Å²) in [5.41, 5.74) is 2.36. The Labute approximate surface area is 67.0 Å². The molecule has 0 atom stereocenters. The van der Waals surface area contributed by atoms with Gasteiger partial charge in [-0.3, -0.25) is 0 Å². The molecule has 0 saturated heterocycles. The third-order valence-electron chi connectivity index (χ3n) is 1.36. The molecule has 0 amide bonds. The van der Waals surface area contributed by atoms with Crippen LogP contribution in [0.1, 0.15) is 25.2 Å². The lowest BCUT2D eigenvalue weighted by Gasteiger charge is -1.90. The Bertz CT molecular complexity index is 275. The highest BCUT2D eigenvalue weighted by molar-refractivity contribution is 5.61. The SMILES string of the molecule is C=Cc1occc1C=C(C)C. The molecule has 58 valence electrons. The second-order valence-corrected chi connectivity index (χ2v) is 2.67. The van der Waals surface area contributed by atoms with Crippen LogP contribution in [0.15, 0.2) is 28.9 Å². The molecule has 0 aliphatic carbocycles. The molecule has 0 unspecified atom stereocenters. The average Bonchev–Trinajstić information content (AvgIpc) is 2.34. The number of hydrogen-bond donors (Lipinski definition) is 0. The molecule has 0 N–H and O–H groups in total. The van der Waals surface area contributed by atoms with E-state index in [9.17, 15) is 0 Å². The third kappa shape index (κ3) is 1.84. The van der Waals surface area contributed by atoms with Crippen molar-refractivity contribution in [3.8, 4) is 0 Å². The maximum Gasteiger partial charge on any atom is 0.133 e. The molecule has 1 rings (SSSR count). The van der Waals surface area contributed by atoms with E-state index < -0.39 is 0 Å². The highest BCUT2D eigenvalue weighted by Crippen LogP contribution is 2.14. The predicted octanol–water partition coefficient (Wildman–Crippen LogP) is 3.35. The Balaban J connectivity index is 3.03. The van der Waals surface area contributed by atoms with Crippen molar-refractivity contribution in [3.63, 3.8) is 0 Å². The minimum atomic E-state index is 0.839. The Morgan fingerprint density at radius 3 is 2.82 bits per heavy atom. The fraction of sp³-hybridized carbons (Fsp3) is 0.200. The van der Waals surface area contributed by atoms with Crippen LogP contribution in [0.25, 0.3) is 12.2 Å². The van der Waals surface area contributed by atoms with Gasteiger partial charge in [0.2, 0.25) is 0 Å². The van der Waals surface area contributed by atoms with Crippen molar-refractivity contribution >= 4 is 12.2 Å². The van der Waals surface area contributed by atoms with Gasteiger partial charge in [-0.1, -0.05) is 18.2 Å². The van der Waals surface area contributed by atoms with Crippen LogP contribution in [0.4, 0.5) is 0 Å². The van der Waals surface area contributed by atoms with Gasteiger partial charge in [-0.25, -0.2) is 0 Å². The molecule has 0 aliphatic heterocycles. The van der Waals surface area contributed by atoms with Crippen molar-refractivity contribution in [2.75, 3.05) is 0 Å². The van der Waals surface area contributed by atoms with Crippen LogP contribution < -0.4 is 0 Å². The van der Waals surface area contributed by atoms with E-state index in [1.54, 1.807) is 12.3 Å². The first-order valence-corrected chi connectivity index (χ1v) is 3.59. The van der Waals surface area contributed by atoms with Crippen LogP contribution in [0.5, 0.6) is 0 Å². The zero-order valence-electron chi connectivity index (χ0n) is 6.92. The van der Waals surface area contributed by atoms with Gasteiger partial charge in [0.25, 0.3) is 0 Å². The van der Waals surface area contributed by atoms with Crippen LogP contribution in [0, 0.1) is 0 Å². The van der Waals surface area contributed by atoms with Crippen molar-refractivity contribution in [2.45, 2.75) is 13.8 Å². The van der Waals surface area contributed by atoms with Crippen molar-refractivity contribution < 1.29 is 4.42 Å². The van der Waals surface area contributed by atoms with Gasteiger partial charge in [0.05, 0.1) is 6.26 Å². The lowest BCUT2D eigenvalue weighted by Crippen LogP contribution is -1.71. The number of rotatable bonds is 2. The van der Waals surface area contributed by atoms with E-state index in [4.69, 9.17) is 4.42 Å². The third-order valence-corrected chi connectivity index (χ3v) is 1.36. The van der Waals surface area contributed by atoms with Gasteiger partial charge >= 0.3 is 0 Å². The molecule has 11 heavy (non-hydrogen) atoms. The highest BCUT2D eigenvalue weighted by Gasteiger charge is 1.97. The fourth-order valence-corrected chi connectivity index (χ4v) is 0.927. The molecule has 1 heteroatoms. The first-order chi connectivity index (χ1) is 5.24. The molecule has 1 heterocycles. The fourth-order valence-electron chi connectivity index (χ4n) is 0.927. The number of hydrogen-bond acceptors (Lipinski definition) is 1. The molecular weight excluding hydrogens is 136 g/mol. The number of allylic oxidation sites excluding steroid dienone is 1. The van der Waals surface area contributed by atoms with E-state index in [0.29, 0.717) is 0 Å². The van der Waals surface area contributed by atoms with Crippen molar-refractivity contribution in [2.24, 2.45) is 0 Å². The molecule has 1 aromatic heterocycles. The van der Waals surface area contributed by atoms with Crippen LogP contribution in [0.2, 0.25) is 0 Å². The summed E-state index contributed by atoms with van der Waals surface area (Å²) in [6, 6.07) is 1.93. The first-order valence-electron chi connectivity index (χ1n) is 3.59. The minimum Gasteiger partial charge on any atom is -0.464 e. The van der Waals surface area contributed by atoms with Gasteiger partial charge in [-0.2, -0.15) is 0 Å². The second-order valence-electron chi connectivity index (χ2n) is 2.67. The molecule has 0 aliphatic rings. The standard InChI is InChI=1S/C10H12O/c1-4-10-9(5-6-11-10)7-8(2)3/h4-7H,1H2,2-3H3. The van der Waals surface area contributed by atoms with Gasteiger partial charge < -0.3 is 4.42 Å². The van der Waals surface area contributed by atoms with E-state index in [0.717, 1.165) is 11.3 Å². The summed E-state index contributed by atoms with van der Waals surface area (Å²) in [4.78, 5) is 0. The number of furan rings is 1. The summed E-state index contributed by atoms with van der Waals surface area (Å²) >= 11 is 0. The quantitative estimate of drug-likeness (QED) is 0.626. The van der Waals surface area contributed by atoms with E-state index in [-0.39, 0.29) is 0 Å². The predicted molar refractivity (Wildman–Crippen MR) is 48.1 cm³/mol. The van der Waals surface area contributed by atoms with Gasteiger partial charge in [0.15, 0.2) is 0 Å². The Hall–Kier alpha value is -1.24. The van der Waals surface area contributed by atoms with Crippen LogP contribution in [-0.4, -0.2) is 0 Å². The van der Waals surface area contributed by atoms with Crippen molar-refractivity contribution in [1.82, 2.24) is 0 Å². The summed E-state index contributed by atoms with van der Waals surface area (Å²) in [6.07, 6.45) is 5.46. The summed E-state index contributed by atoms with van der Waals surface area (Å²) in [5, 5.41) is 0. The van der Waals surface area contributed by atoms with Gasteiger partial charge in [-0.05, 0) is 26.0 Å². The molecule has 0 aromatic carbocycles. The zero-order valence-corrected chi connectivity index (χ0v) is 6.92. The highest BCUT2D eigenvalue weighted by atomic mass is 16.3. The van der Waals surface area contributed by atoms with E-state index >= 15 is 0 Å². The van der Waals surface area contributed by atoms with Crippen LogP contribution in [-0.2, 0) is 0 Å². The Morgan fingerprint density at radius 2 is 2.27 bits per heavy atom. The monoisotopic (exact) mass is 148 g/mol. The van der Waals surface area contributed by atoms with Gasteiger partial charge in [0.1, 0.15) is 5.76 Å². The lowest BCUT2D eigenvalue weighted by molar-refractivity contribution is 0.556. The first kappa shape index (κ1) is 7.86. The lowest BCUT2D eigenvalue weighted by atomic mass is 10.2. The minimum absolute atomic E-state index is 0.839. The summed E-state index contributed by atoms with van der Waals surface area (Å²) in [7, 11) is 0. The molecule has 1 nitrogen and oxygen atoms in total. The average molecular weight is 148 g/mol. The molecule has 0 bridgehead atoms. The Kier molecular flexibility index (Phi) is 2.32. The summed E-state index contributed by atoms with van der Waals surface area (Å²) in [5.74, 6) is 0.839. The van der Waals surface area contributed by atoms with Gasteiger partial charge in [0, 0.05) is 5.56 Å². The van der Waals surface area contributed by atoms with E-state index in [1.165, 1.54) is 5.57 Å². The molecule has 0 radical (unpaired) electrons. The topological polar surface area (TPSA) is 13.1 Å². The largest absolute Gasteiger partial charge is 0.464 e. The van der Waals surface area contributed by atoms with Gasteiger partial charge in [-0.15, -0.1) is 0 Å².